The van der Waals surface area contributed by atoms with Crippen LogP contribution in [0, 0.1) is 5.92 Å². The van der Waals surface area contributed by atoms with Crippen molar-refractivity contribution in [3.05, 3.63) is 58.6 Å². The molecule has 2 nitrogen and oxygen atoms in total. The van der Waals surface area contributed by atoms with Crippen LogP contribution in [0.15, 0.2) is 53.0 Å². The number of ether oxygens (including phenoxy) is 1. The lowest BCUT2D eigenvalue weighted by Crippen LogP contribution is -2.07. The van der Waals surface area contributed by atoms with Crippen molar-refractivity contribution in [1.29, 1.82) is 0 Å². The molecule has 1 N–H and O–H groups in total. The molecule has 0 unspecified atom stereocenters. The number of rotatable bonds is 6. The summed E-state index contributed by atoms with van der Waals surface area (Å²) in [5.41, 5.74) is 2.26. The molecule has 0 saturated carbocycles. The van der Waals surface area contributed by atoms with Gasteiger partial charge in [-0.2, -0.15) is 0 Å². The van der Waals surface area contributed by atoms with Crippen molar-refractivity contribution in [2.24, 2.45) is 5.92 Å². The summed E-state index contributed by atoms with van der Waals surface area (Å²) in [7, 11) is 0. The highest BCUT2D eigenvalue weighted by molar-refractivity contribution is 9.10. The predicted octanol–water partition coefficient (Wildman–Crippen LogP) is 5.10. The van der Waals surface area contributed by atoms with Crippen molar-refractivity contribution in [3.63, 3.8) is 0 Å². The zero-order valence-corrected chi connectivity index (χ0v) is 13.5. The SMILES string of the molecule is CC(C)COc1ccccc1NCc1ccccc1Br. The highest BCUT2D eigenvalue weighted by Crippen LogP contribution is 2.26. The van der Waals surface area contributed by atoms with Crippen LogP contribution in [0.1, 0.15) is 19.4 Å². The van der Waals surface area contributed by atoms with Crippen molar-refractivity contribution < 1.29 is 4.74 Å². The first-order chi connectivity index (χ1) is 9.66. The van der Waals surface area contributed by atoms with E-state index in [0.717, 1.165) is 29.1 Å². The average Bonchev–Trinajstić information content (AvgIpc) is 2.45. The van der Waals surface area contributed by atoms with Gasteiger partial charge in [-0.3, -0.25) is 0 Å². The summed E-state index contributed by atoms with van der Waals surface area (Å²) in [6, 6.07) is 16.3. The van der Waals surface area contributed by atoms with E-state index in [-0.39, 0.29) is 0 Å². The molecule has 3 heteroatoms. The minimum absolute atomic E-state index is 0.520. The summed E-state index contributed by atoms with van der Waals surface area (Å²) in [6.07, 6.45) is 0. The van der Waals surface area contributed by atoms with Crippen LogP contribution < -0.4 is 10.1 Å². The lowest BCUT2D eigenvalue weighted by Gasteiger charge is -2.15. The van der Waals surface area contributed by atoms with E-state index in [1.54, 1.807) is 0 Å². The van der Waals surface area contributed by atoms with Gasteiger partial charge < -0.3 is 10.1 Å². The third-order valence-electron chi connectivity index (χ3n) is 2.89. The van der Waals surface area contributed by atoms with E-state index in [9.17, 15) is 0 Å². The van der Waals surface area contributed by atoms with Gasteiger partial charge in [0.25, 0.3) is 0 Å². The van der Waals surface area contributed by atoms with Crippen molar-refractivity contribution in [3.8, 4) is 5.75 Å². The molecule has 0 spiro atoms. The summed E-state index contributed by atoms with van der Waals surface area (Å²) in [5.74, 6) is 1.43. The molecule has 0 saturated heterocycles. The molecule has 0 radical (unpaired) electrons. The maximum absolute atomic E-state index is 5.84. The van der Waals surface area contributed by atoms with E-state index < -0.39 is 0 Å². The summed E-state index contributed by atoms with van der Waals surface area (Å²) in [5, 5.41) is 3.44. The van der Waals surface area contributed by atoms with Gasteiger partial charge in [-0.15, -0.1) is 0 Å². The fourth-order valence-corrected chi connectivity index (χ4v) is 2.25. The summed E-state index contributed by atoms with van der Waals surface area (Å²) in [4.78, 5) is 0. The first-order valence-corrected chi connectivity index (χ1v) is 7.65. The Hall–Kier alpha value is -1.48. The van der Waals surface area contributed by atoms with Crippen molar-refractivity contribution in [1.82, 2.24) is 0 Å². The molecule has 2 aromatic carbocycles. The maximum atomic E-state index is 5.84. The standard InChI is InChI=1S/C17H20BrNO/c1-13(2)12-20-17-10-6-5-9-16(17)19-11-14-7-3-4-8-15(14)18/h3-10,13,19H,11-12H2,1-2H3. The van der Waals surface area contributed by atoms with Crippen LogP contribution in [0.25, 0.3) is 0 Å². The van der Waals surface area contributed by atoms with Gasteiger partial charge in [-0.25, -0.2) is 0 Å². The molecule has 0 bridgehead atoms. The molecular formula is C17H20BrNO. The van der Waals surface area contributed by atoms with E-state index in [1.807, 2.05) is 36.4 Å². The Balaban J connectivity index is 2.04. The molecule has 0 aromatic heterocycles. The molecule has 0 heterocycles. The third-order valence-corrected chi connectivity index (χ3v) is 3.66. The molecule has 2 rings (SSSR count). The lowest BCUT2D eigenvalue weighted by atomic mass is 10.2. The normalized spacial score (nSPS) is 10.6. The molecule has 0 aliphatic heterocycles. The van der Waals surface area contributed by atoms with E-state index in [4.69, 9.17) is 4.74 Å². The summed E-state index contributed by atoms with van der Waals surface area (Å²) in [6.45, 7) is 5.80. The van der Waals surface area contributed by atoms with Gasteiger partial charge in [-0.05, 0) is 29.7 Å². The van der Waals surface area contributed by atoms with E-state index in [2.05, 4.69) is 47.2 Å². The number of halogens is 1. The zero-order valence-electron chi connectivity index (χ0n) is 11.9. The highest BCUT2D eigenvalue weighted by Gasteiger charge is 2.05. The van der Waals surface area contributed by atoms with Gasteiger partial charge in [0, 0.05) is 11.0 Å². The second-order valence-corrected chi connectivity index (χ2v) is 6.00. The summed E-state index contributed by atoms with van der Waals surface area (Å²) < 4.78 is 6.96. The van der Waals surface area contributed by atoms with Gasteiger partial charge >= 0.3 is 0 Å². The number of nitrogens with one attached hydrogen (secondary N) is 1. The van der Waals surface area contributed by atoms with E-state index >= 15 is 0 Å². The Bertz CT molecular complexity index is 554. The van der Waals surface area contributed by atoms with Crippen LogP contribution in [-0.4, -0.2) is 6.61 Å². The number of benzene rings is 2. The smallest absolute Gasteiger partial charge is 0.142 e. The molecule has 2 aromatic rings. The van der Waals surface area contributed by atoms with Crippen LogP contribution in [0.4, 0.5) is 5.69 Å². The van der Waals surface area contributed by atoms with Gasteiger partial charge in [0.2, 0.25) is 0 Å². The maximum Gasteiger partial charge on any atom is 0.142 e. The van der Waals surface area contributed by atoms with E-state index in [1.165, 1.54) is 5.56 Å². The molecule has 0 fully saturated rings. The van der Waals surface area contributed by atoms with Gasteiger partial charge in [0.1, 0.15) is 5.75 Å². The molecule has 20 heavy (non-hydrogen) atoms. The Morgan fingerprint density at radius 1 is 1.05 bits per heavy atom. The predicted molar refractivity (Wildman–Crippen MR) is 88.2 cm³/mol. The Morgan fingerprint density at radius 2 is 1.75 bits per heavy atom. The minimum atomic E-state index is 0.520. The van der Waals surface area contributed by atoms with Crippen molar-refractivity contribution in [2.75, 3.05) is 11.9 Å². The second-order valence-electron chi connectivity index (χ2n) is 5.15. The highest BCUT2D eigenvalue weighted by atomic mass is 79.9. The molecule has 0 aliphatic carbocycles. The number of para-hydroxylation sites is 2. The van der Waals surface area contributed by atoms with E-state index in [0.29, 0.717) is 5.92 Å². The first-order valence-electron chi connectivity index (χ1n) is 6.86. The van der Waals surface area contributed by atoms with Crippen LogP contribution in [0.2, 0.25) is 0 Å². The molecule has 0 amide bonds. The van der Waals surface area contributed by atoms with Crippen LogP contribution in [0.5, 0.6) is 5.75 Å². The van der Waals surface area contributed by atoms with Crippen molar-refractivity contribution >= 4 is 21.6 Å². The minimum Gasteiger partial charge on any atom is -0.491 e. The Kier molecular flexibility index (Phi) is 5.48. The average molecular weight is 334 g/mol. The fourth-order valence-electron chi connectivity index (χ4n) is 1.83. The molecule has 0 aliphatic rings. The topological polar surface area (TPSA) is 21.3 Å². The first kappa shape index (κ1) is 14.9. The molecule has 0 atom stereocenters. The monoisotopic (exact) mass is 333 g/mol. The number of hydrogen-bond donors (Lipinski definition) is 1. The van der Waals surface area contributed by atoms with Gasteiger partial charge in [0.15, 0.2) is 0 Å². The quantitative estimate of drug-likeness (QED) is 0.794. The van der Waals surface area contributed by atoms with Crippen LogP contribution in [-0.2, 0) is 6.54 Å². The summed E-state index contributed by atoms with van der Waals surface area (Å²) >= 11 is 3.57. The van der Waals surface area contributed by atoms with Crippen LogP contribution >= 0.6 is 15.9 Å². The van der Waals surface area contributed by atoms with Crippen molar-refractivity contribution in [2.45, 2.75) is 20.4 Å². The number of anilines is 1. The zero-order chi connectivity index (χ0) is 14.4. The Labute approximate surface area is 129 Å². The third kappa shape index (κ3) is 4.27. The fraction of sp³-hybridized carbons (Fsp3) is 0.294. The Morgan fingerprint density at radius 3 is 2.50 bits per heavy atom. The number of hydrogen-bond acceptors (Lipinski definition) is 2. The lowest BCUT2D eigenvalue weighted by molar-refractivity contribution is 0.272. The van der Waals surface area contributed by atoms with Gasteiger partial charge in [-0.1, -0.05) is 60.1 Å². The molecular weight excluding hydrogens is 314 g/mol. The molecule has 106 valence electrons. The van der Waals surface area contributed by atoms with Gasteiger partial charge in [0.05, 0.1) is 12.3 Å². The second kappa shape index (κ2) is 7.34. The van der Waals surface area contributed by atoms with Crippen LogP contribution in [0.3, 0.4) is 0 Å². The largest absolute Gasteiger partial charge is 0.491 e.